The highest BCUT2D eigenvalue weighted by molar-refractivity contribution is 7.63. The quantitative estimate of drug-likeness (QED) is 0.385. The second kappa shape index (κ2) is 7.60. The van der Waals surface area contributed by atoms with E-state index in [-0.39, 0.29) is 23.1 Å². The number of aromatic nitrogens is 2. The fraction of sp³-hybridized carbons (Fsp3) is 0.222. The zero-order valence-electron chi connectivity index (χ0n) is 14.9. The van der Waals surface area contributed by atoms with Gasteiger partial charge in [-0.25, -0.2) is 4.39 Å². The van der Waals surface area contributed by atoms with E-state index < -0.39 is 24.4 Å². The molecular weight excluding hydrogens is 414 g/mol. The molecular formula is C18H16ClF3N3O2P. The zero-order chi connectivity index (χ0) is 20.5. The fourth-order valence-corrected chi connectivity index (χ4v) is 4.37. The topological polar surface area (TPSA) is 68.0 Å². The molecule has 3 rings (SSSR count). The van der Waals surface area contributed by atoms with Gasteiger partial charge in [0.25, 0.3) is 0 Å². The number of rotatable bonds is 6. The molecule has 0 aliphatic heterocycles. The minimum Gasteiger partial charge on any atom is -0.336 e. The lowest BCUT2D eigenvalue weighted by atomic mass is 10.1. The third-order valence-corrected chi connectivity index (χ3v) is 5.67. The van der Waals surface area contributed by atoms with Gasteiger partial charge in [-0.2, -0.15) is 13.8 Å². The Kier molecular flexibility index (Phi) is 5.55. The molecule has 1 unspecified atom stereocenters. The maximum absolute atomic E-state index is 14.5. The van der Waals surface area contributed by atoms with Crippen LogP contribution in [0.25, 0.3) is 11.4 Å². The highest BCUT2D eigenvalue weighted by Crippen LogP contribution is 2.45. The van der Waals surface area contributed by atoms with Crippen molar-refractivity contribution >= 4 is 24.6 Å². The highest BCUT2D eigenvalue weighted by atomic mass is 35.5. The summed E-state index contributed by atoms with van der Waals surface area (Å²) < 4.78 is 57.7. The van der Waals surface area contributed by atoms with E-state index in [2.05, 4.69) is 19.8 Å². The molecule has 0 saturated heterocycles. The average Bonchev–Trinajstić information content (AvgIpc) is 3.06. The summed E-state index contributed by atoms with van der Waals surface area (Å²) in [6.45, 7) is 3.43. The van der Waals surface area contributed by atoms with E-state index in [9.17, 15) is 17.7 Å². The van der Waals surface area contributed by atoms with Gasteiger partial charge >= 0.3 is 11.3 Å². The van der Waals surface area contributed by atoms with Crippen molar-refractivity contribution in [1.82, 2.24) is 10.1 Å². The Bertz CT molecular complexity index is 1050. The first-order valence-electron chi connectivity index (χ1n) is 8.15. The average molecular weight is 430 g/mol. The summed E-state index contributed by atoms with van der Waals surface area (Å²) in [6.07, 6.45) is -0.0374. The Morgan fingerprint density at radius 2 is 2.00 bits per heavy atom. The largest absolute Gasteiger partial charge is 0.400 e. The molecule has 3 aromatic rings. The van der Waals surface area contributed by atoms with E-state index in [1.165, 1.54) is 18.8 Å². The predicted molar refractivity (Wildman–Crippen MR) is 101 cm³/mol. The van der Waals surface area contributed by atoms with Crippen LogP contribution < -0.4 is 5.09 Å². The zero-order valence-corrected chi connectivity index (χ0v) is 16.6. The van der Waals surface area contributed by atoms with Gasteiger partial charge in [0.1, 0.15) is 5.82 Å². The number of alkyl halides is 3. The van der Waals surface area contributed by atoms with E-state index >= 15 is 0 Å². The minimum atomic E-state index is -3.81. The Balaban J connectivity index is 1.78. The molecule has 2 aromatic carbocycles. The van der Waals surface area contributed by atoms with Crippen molar-refractivity contribution in [2.24, 2.45) is 0 Å². The Hall–Kier alpha value is -2.31. The standard InChI is InChI=1S/C18H16ClF3N3O2P/c1-11-4-3-5-14(8-11)25-28(2,26)10-13-7-6-12(9-15(13)20)16-23-17(27-24-16)18(19,21)22/h3-9H,10H2,1-2H3,(H,25,26). The SMILES string of the molecule is Cc1cccc(NP(C)(=O)Cc2ccc(-c3noc(C(F)(F)Cl)n3)cc2F)c1. The Morgan fingerprint density at radius 3 is 2.61 bits per heavy atom. The van der Waals surface area contributed by atoms with Gasteiger partial charge in [0, 0.05) is 24.1 Å². The normalized spacial score (nSPS) is 13.9. The number of hydrogen-bond acceptors (Lipinski definition) is 4. The molecule has 1 atom stereocenters. The van der Waals surface area contributed by atoms with Crippen LogP contribution in [0.4, 0.5) is 18.9 Å². The van der Waals surface area contributed by atoms with E-state index in [0.717, 1.165) is 11.6 Å². The lowest BCUT2D eigenvalue weighted by Gasteiger charge is -2.17. The summed E-state index contributed by atoms with van der Waals surface area (Å²) in [5.41, 5.74) is 2.03. The molecule has 0 amide bonds. The summed E-state index contributed by atoms with van der Waals surface area (Å²) in [4.78, 5) is 3.47. The molecule has 0 aliphatic rings. The van der Waals surface area contributed by atoms with Gasteiger partial charge in [0.2, 0.25) is 5.82 Å². The smallest absolute Gasteiger partial charge is 0.336 e. The summed E-state index contributed by atoms with van der Waals surface area (Å²) in [6, 6.07) is 11.3. The number of halogens is 4. The maximum Gasteiger partial charge on any atom is 0.400 e. The van der Waals surface area contributed by atoms with Crippen molar-refractivity contribution in [2.45, 2.75) is 18.5 Å². The number of anilines is 1. The van der Waals surface area contributed by atoms with Gasteiger partial charge in [-0.15, -0.1) is 0 Å². The van der Waals surface area contributed by atoms with E-state index in [1.807, 2.05) is 25.1 Å². The Morgan fingerprint density at radius 1 is 1.25 bits per heavy atom. The van der Waals surface area contributed by atoms with E-state index in [4.69, 9.17) is 11.6 Å². The summed E-state index contributed by atoms with van der Waals surface area (Å²) in [5.74, 6) is -1.96. The lowest BCUT2D eigenvalue weighted by molar-refractivity contribution is 0.0551. The minimum absolute atomic E-state index is 0.0374. The second-order valence-electron chi connectivity index (χ2n) is 6.47. The molecule has 1 N–H and O–H groups in total. The molecule has 0 fully saturated rings. The van der Waals surface area contributed by atoms with Crippen LogP contribution in [0.1, 0.15) is 17.0 Å². The first-order chi connectivity index (χ1) is 13.0. The number of hydrogen-bond donors (Lipinski definition) is 1. The molecule has 0 spiro atoms. The third kappa shape index (κ3) is 4.94. The van der Waals surface area contributed by atoms with Crippen molar-refractivity contribution in [3.05, 3.63) is 65.3 Å². The van der Waals surface area contributed by atoms with Gasteiger partial charge < -0.3 is 14.2 Å². The Labute approximate surface area is 164 Å². The van der Waals surface area contributed by atoms with Crippen molar-refractivity contribution in [1.29, 1.82) is 0 Å². The molecule has 0 radical (unpaired) electrons. The molecule has 1 heterocycles. The summed E-state index contributed by atoms with van der Waals surface area (Å²) in [5, 5.41) is 2.52. The monoisotopic (exact) mass is 429 g/mol. The number of nitrogens with one attached hydrogen (secondary N) is 1. The summed E-state index contributed by atoms with van der Waals surface area (Å²) in [7, 11) is -2.94. The number of benzene rings is 2. The molecule has 0 aliphatic carbocycles. The molecule has 148 valence electrons. The molecule has 0 saturated carbocycles. The number of nitrogens with zero attached hydrogens (tertiary/aromatic N) is 2. The lowest BCUT2D eigenvalue weighted by Crippen LogP contribution is -2.03. The van der Waals surface area contributed by atoms with Gasteiger partial charge in [-0.1, -0.05) is 29.4 Å². The van der Waals surface area contributed by atoms with Crippen LogP contribution in [0.3, 0.4) is 0 Å². The third-order valence-electron chi connectivity index (χ3n) is 3.84. The van der Waals surface area contributed by atoms with Gasteiger partial charge in [-0.05, 0) is 47.9 Å². The van der Waals surface area contributed by atoms with E-state index in [0.29, 0.717) is 5.69 Å². The predicted octanol–water partition coefficient (Wildman–Crippen LogP) is 5.99. The molecule has 28 heavy (non-hydrogen) atoms. The van der Waals surface area contributed by atoms with Crippen molar-refractivity contribution < 1.29 is 22.3 Å². The first kappa shape index (κ1) is 20.4. The molecule has 0 bridgehead atoms. The van der Waals surface area contributed by atoms with Crippen molar-refractivity contribution in [3.63, 3.8) is 0 Å². The summed E-state index contributed by atoms with van der Waals surface area (Å²) >= 11 is 4.82. The van der Waals surface area contributed by atoms with Crippen molar-refractivity contribution in [2.75, 3.05) is 11.8 Å². The first-order valence-corrected chi connectivity index (χ1v) is 10.9. The van der Waals surface area contributed by atoms with Crippen LogP contribution in [0.2, 0.25) is 0 Å². The van der Waals surface area contributed by atoms with Gasteiger partial charge in [-0.3, -0.25) is 0 Å². The van der Waals surface area contributed by atoms with Crippen molar-refractivity contribution in [3.8, 4) is 11.4 Å². The molecule has 5 nitrogen and oxygen atoms in total. The number of aryl methyl sites for hydroxylation is 1. The maximum atomic E-state index is 14.5. The van der Waals surface area contributed by atoms with Crippen LogP contribution in [-0.4, -0.2) is 16.8 Å². The molecule has 1 aromatic heterocycles. The van der Waals surface area contributed by atoms with Crippen LogP contribution in [0.15, 0.2) is 47.0 Å². The van der Waals surface area contributed by atoms with Gasteiger partial charge in [0.05, 0.1) is 0 Å². The molecule has 10 heteroatoms. The van der Waals surface area contributed by atoms with E-state index in [1.54, 1.807) is 6.07 Å². The highest BCUT2D eigenvalue weighted by Gasteiger charge is 2.35. The second-order valence-corrected chi connectivity index (χ2v) is 9.68. The van der Waals surface area contributed by atoms with Crippen LogP contribution in [-0.2, 0) is 16.1 Å². The van der Waals surface area contributed by atoms with Crippen LogP contribution in [0.5, 0.6) is 0 Å². The van der Waals surface area contributed by atoms with Crippen LogP contribution >= 0.6 is 18.9 Å². The van der Waals surface area contributed by atoms with Crippen LogP contribution in [0, 0.1) is 12.7 Å². The fourth-order valence-electron chi connectivity index (χ4n) is 2.62. The van der Waals surface area contributed by atoms with Gasteiger partial charge in [0.15, 0.2) is 7.29 Å².